The third-order valence-corrected chi connectivity index (χ3v) is 4.63. The molecule has 106 valence electrons. The van der Waals surface area contributed by atoms with Crippen LogP contribution in [0.2, 0.25) is 0 Å². The fourth-order valence-corrected chi connectivity index (χ4v) is 3.64. The van der Waals surface area contributed by atoms with Gasteiger partial charge in [0, 0.05) is 38.6 Å². The molecule has 1 aliphatic carbocycles. The third-order valence-electron chi connectivity index (χ3n) is 4.63. The Labute approximate surface area is 111 Å². The number of hydrogen-bond donors (Lipinski definition) is 2. The summed E-state index contributed by atoms with van der Waals surface area (Å²) in [6.45, 7) is 1.11. The van der Waals surface area contributed by atoms with Crippen LogP contribution >= 0.6 is 0 Å². The lowest BCUT2D eigenvalue weighted by Gasteiger charge is -2.36. The maximum Gasteiger partial charge on any atom is 0.0639 e. The first-order valence-electron chi connectivity index (χ1n) is 7.24. The van der Waals surface area contributed by atoms with Gasteiger partial charge in [-0.2, -0.15) is 0 Å². The first-order valence-corrected chi connectivity index (χ1v) is 7.24. The van der Waals surface area contributed by atoms with E-state index in [0.717, 1.165) is 19.4 Å². The molecule has 1 saturated carbocycles. The van der Waals surface area contributed by atoms with Crippen LogP contribution in [0.15, 0.2) is 0 Å². The summed E-state index contributed by atoms with van der Waals surface area (Å²) in [6, 6.07) is 1.26. The molecule has 0 aromatic carbocycles. The van der Waals surface area contributed by atoms with Crippen LogP contribution in [0, 0.1) is 5.92 Å². The zero-order valence-corrected chi connectivity index (χ0v) is 11.9. The number of hydrogen-bond acceptors (Lipinski definition) is 4. The minimum absolute atomic E-state index is 0.361. The van der Waals surface area contributed by atoms with Gasteiger partial charge >= 0.3 is 0 Å². The lowest BCUT2D eigenvalue weighted by Crippen LogP contribution is -2.45. The molecule has 0 radical (unpaired) electrons. The minimum Gasteiger partial charge on any atom is -0.381 e. The van der Waals surface area contributed by atoms with Crippen molar-refractivity contribution in [2.24, 2.45) is 5.92 Å². The molecule has 5 unspecified atom stereocenters. The molecule has 1 heterocycles. The first kappa shape index (κ1) is 14.3. The van der Waals surface area contributed by atoms with Gasteiger partial charge in [0.25, 0.3) is 0 Å². The highest BCUT2D eigenvalue weighted by Gasteiger charge is 2.43. The maximum atomic E-state index is 5.68. The van der Waals surface area contributed by atoms with Crippen molar-refractivity contribution in [3.8, 4) is 0 Å². The van der Waals surface area contributed by atoms with Crippen molar-refractivity contribution in [1.29, 1.82) is 0 Å². The van der Waals surface area contributed by atoms with Gasteiger partial charge in [-0.3, -0.25) is 0 Å². The van der Waals surface area contributed by atoms with Gasteiger partial charge in [0.2, 0.25) is 0 Å². The predicted molar refractivity (Wildman–Crippen MR) is 72.8 cm³/mol. The first-order chi connectivity index (χ1) is 8.78. The predicted octanol–water partition coefficient (Wildman–Crippen LogP) is 1.16. The Morgan fingerprint density at radius 3 is 2.67 bits per heavy atom. The fraction of sp³-hybridized carbons (Fsp3) is 1.00. The van der Waals surface area contributed by atoms with Crippen LogP contribution in [0.25, 0.3) is 0 Å². The van der Waals surface area contributed by atoms with Crippen LogP contribution in [0.5, 0.6) is 0 Å². The molecule has 2 aliphatic rings. The Kier molecular flexibility index (Phi) is 5.42. The average molecular weight is 256 g/mol. The summed E-state index contributed by atoms with van der Waals surface area (Å²) in [4.78, 5) is 0. The van der Waals surface area contributed by atoms with E-state index in [1.54, 1.807) is 0 Å². The normalized spacial score (nSPS) is 39.8. The van der Waals surface area contributed by atoms with Crippen molar-refractivity contribution in [1.82, 2.24) is 10.6 Å². The number of nitrogens with one attached hydrogen (secondary N) is 2. The van der Waals surface area contributed by atoms with Crippen LogP contribution in [0.3, 0.4) is 0 Å². The minimum atomic E-state index is 0.361. The Balaban J connectivity index is 1.86. The van der Waals surface area contributed by atoms with Crippen LogP contribution in [-0.4, -0.2) is 52.1 Å². The Morgan fingerprint density at radius 2 is 2.00 bits per heavy atom. The molecule has 5 atom stereocenters. The zero-order valence-electron chi connectivity index (χ0n) is 11.9. The average Bonchev–Trinajstić information content (AvgIpc) is 2.80. The second-order valence-electron chi connectivity index (χ2n) is 5.72. The molecule has 2 rings (SSSR count). The third kappa shape index (κ3) is 3.23. The van der Waals surface area contributed by atoms with Crippen LogP contribution in [0.4, 0.5) is 0 Å². The van der Waals surface area contributed by atoms with E-state index in [1.807, 2.05) is 21.3 Å². The van der Waals surface area contributed by atoms with E-state index in [9.17, 15) is 0 Å². The molecule has 0 amide bonds. The van der Waals surface area contributed by atoms with Crippen LogP contribution in [0.1, 0.15) is 32.1 Å². The second kappa shape index (κ2) is 6.85. The second-order valence-corrected chi connectivity index (χ2v) is 5.72. The summed E-state index contributed by atoms with van der Waals surface area (Å²) < 4.78 is 11.2. The van der Waals surface area contributed by atoms with Crippen molar-refractivity contribution >= 4 is 0 Å². The van der Waals surface area contributed by atoms with Crippen molar-refractivity contribution < 1.29 is 9.47 Å². The number of fused-ring (bicyclic) bond motifs is 1. The van der Waals surface area contributed by atoms with E-state index < -0.39 is 0 Å². The molecule has 2 fully saturated rings. The van der Waals surface area contributed by atoms with E-state index >= 15 is 0 Å². The number of ether oxygens (including phenoxy) is 2. The molecule has 1 aliphatic heterocycles. The SMILES string of the molecule is CNCCCC1CC2C(CC(OC)CC2OC)N1. The molecule has 1 saturated heterocycles. The van der Waals surface area contributed by atoms with Gasteiger partial charge in [0.05, 0.1) is 12.2 Å². The van der Waals surface area contributed by atoms with E-state index in [1.165, 1.54) is 19.3 Å². The van der Waals surface area contributed by atoms with Crippen molar-refractivity contribution in [3.63, 3.8) is 0 Å². The molecular formula is C14H28N2O2. The highest BCUT2D eigenvalue weighted by atomic mass is 16.5. The van der Waals surface area contributed by atoms with Gasteiger partial charge in [0.1, 0.15) is 0 Å². The maximum absolute atomic E-state index is 5.68. The van der Waals surface area contributed by atoms with Gasteiger partial charge in [-0.15, -0.1) is 0 Å². The smallest absolute Gasteiger partial charge is 0.0639 e. The molecule has 0 aromatic heterocycles. The van der Waals surface area contributed by atoms with E-state index in [4.69, 9.17) is 9.47 Å². The molecule has 0 spiro atoms. The van der Waals surface area contributed by atoms with Crippen LogP contribution in [-0.2, 0) is 9.47 Å². The molecule has 4 heteroatoms. The lowest BCUT2D eigenvalue weighted by molar-refractivity contribution is -0.0453. The van der Waals surface area contributed by atoms with Gasteiger partial charge in [0.15, 0.2) is 0 Å². The van der Waals surface area contributed by atoms with E-state index in [-0.39, 0.29) is 0 Å². The number of rotatable bonds is 6. The molecule has 18 heavy (non-hydrogen) atoms. The summed E-state index contributed by atoms with van der Waals surface area (Å²) in [7, 11) is 5.68. The summed E-state index contributed by atoms with van der Waals surface area (Å²) in [5.74, 6) is 0.681. The zero-order chi connectivity index (χ0) is 13.0. The quantitative estimate of drug-likeness (QED) is 0.700. The molecule has 2 N–H and O–H groups in total. The summed E-state index contributed by atoms with van der Waals surface area (Å²) in [5.41, 5.74) is 0. The van der Waals surface area contributed by atoms with Crippen LogP contribution < -0.4 is 10.6 Å². The molecule has 0 bridgehead atoms. The largest absolute Gasteiger partial charge is 0.381 e. The Bertz CT molecular complexity index is 250. The molecule has 0 aromatic rings. The van der Waals surface area contributed by atoms with Gasteiger partial charge < -0.3 is 20.1 Å². The highest BCUT2D eigenvalue weighted by molar-refractivity contribution is 4.99. The summed E-state index contributed by atoms with van der Waals surface area (Å²) in [5, 5.41) is 7.01. The standard InChI is InChI=1S/C14H28N2O2/c1-15-6-4-5-10-7-12-13(16-10)8-11(17-2)9-14(12)18-3/h10-16H,4-9H2,1-3H3. The fourth-order valence-electron chi connectivity index (χ4n) is 3.64. The van der Waals surface area contributed by atoms with Gasteiger partial charge in [-0.05, 0) is 39.3 Å². The summed E-state index contributed by atoms with van der Waals surface area (Å²) in [6.07, 6.45) is 6.71. The van der Waals surface area contributed by atoms with E-state index in [2.05, 4.69) is 10.6 Å². The Morgan fingerprint density at radius 1 is 1.17 bits per heavy atom. The van der Waals surface area contributed by atoms with Crippen molar-refractivity contribution in [3.05, 3.63) is 0 Å². The van der Waals surface area contributed by atoms with Gasteiger partial charge in [-0.1, -0.05) is 0 Å². The topological polar surface area (TPSA) is 42.5 Å². The number of methoxy groups -OCH3 is 2. The van der Waals surface area contributed by atoms with Gasteiger partial charge in [-0.25, -0.2) is 0 Å². The summed E-state index contributed by atoms with van der Waals surface area (Å²) >= 11 is 0. The molecular weight excluding hydrogens is 228 g/mol. The highest BCUT2D eigenvalue weighted by Crippen LogP contribution is 2.37. The lowest BCUT2D eigenvalue weighted by atomic mass is 9.80. The van der Waals surface area contributed by atoms with E-state index in [0.29, 0.717) is 30.2 Å². The Hall–Kier alpha value is -0.160. The molecule has 4 nitrogen and oxygen atoms in total. The monoisotopic (exact) mass is 256 g/mol. The van der Waals surface area contributed by atoms with Crippen molar-refractivity contribution in [2.45, 2.75) is 56.4 Å². The van der Waals surface area contributed by atoms with Crippen molar-refractivity contribution in [2.75, 3.05) is 27.8 Å².